The molecule has 0 aliphatic heterocycles. The first-order valence-electron chi connectivity index (χ1n) is 11.1. The van der Waals surface area contributed by atoms with Gasteiger partial charge in [0.05, 0.1) is 20.9 Å². The van der Waals surface area contributed by atoms with Crippen LogP contribution in [0.3, 0.4) is 0 Å². The second kappa shape index (κ2) is 8.51. The summed E-state index contributed by atoms with van der Waals surface area (Å²) in [5, 5.41) is -0.215. The predicted octanol–water partition coefficient (Wildman–Crippen LogP) is 3.16. The Morgan fingerprint density at radius 3 is 2.26 bits per heavy atom. The lowest BCUT2D eigenvalue weighted by Crippen LogP contribution is -2.25. The van der Waals surface area contributed by atoms with E-state index in [1.54, 1.807) is 24.3 Å². The van der Waals surface area contributed by atoms with Gasteiger partial charge in [-0.25, -0.2) is 35.0 Å². The lowest BCUT2D eigenvalue weighted by atomic mass is 10.1. The molecule has 1 saturated carbocycles. The number of nitrogens with one attached hydrogen (secondary N) is 1. The number of benzene rings is 2. The van der Waals surface area contributed by atoms with Crippen LogP contribution in [0, 0.1) is 0 Å². The van der Waals surface area contributed by atoms with Crippen LogP contribution in [0.15, 0.2) is 80.5 Å². The molecule has 5 rings (SSSR count). The van der Waals surface area contributed by atoms with Crippen molar-refractivity contribution in [2.45, 2.75) is 57.4 Å². The molecule has 8 nitrogen and oxygen atoms in total. The molecule has 0 saturated heterocycles. The minimum atomic E-state index is -4.20. The molecule has 1 unspecified atom stereocenters. The van der Waals surface area contributed by atoms with Gasteiger partial charge in [-0.1, -0.05) is 18.2 Å². The number of aryl methyl sites for hydroxylation is 1. The average molecular weight is 533 g/mol. The highest BCUT2D eigenvalue weighted by molar-refractivity contribution is 7.94. The van der Waals surface area contributed by atoms with Crippen molar-refractivity contribution in [3.8, 4) is 0 Å². The molecule has 0 bridgehead atoms. The smallest absolute Gasteiger partial charge is 0.225 e. The Morgan fingerprint density at radius 2 is 1.60 bits per heavy atom. The quantitative estimate of drug-likeness (QED) is 0.495. The zero-order chi connectivity index (χ0) is 25.0. The number of nitrogens with zero attached hydrogens (tertiary/aromatic N) is 1. The molecule has 2 aliphatic carbocycles. The molecule has 1 fully saturated rings. The average Bonchev–Trinajstić information content (AvgIpc) is 3.60. The van der Waals surface area contributed by atoms with Crippen LogP contribution in [0.4, 0.5) is 0 Å². The third-order valence-corrected chi connectivity index (χ3v) is 10.7. The van der Waals surface area contributed by atoms with Gasteiger partial charge in [0.2, 0.25) is 29.7 Å². The molecule has 1 N–H and O–H groups in total. The molecule has 2 aromatic carbocycles. The first kappa shape index (κ1) is 24.1. The molecular weight excluding hydrogens is 508 g/mol. The van der Waals surface area contributed by atoms with E-state index in [-0.39, 0.29) is 25.6 Å². The van der Waals surface area contributed by atoms with Crippen molar-refractivity contribution in [3.05, 3.63) is 77.5 Å². The van der Waals surface area contributed by atoms with Crippen LogP contribution in [0.1, 0.15) is 47.9 Å². The maximum atomic E-state index is 13.7. The molecule has 1 aromatic heterocycles. The summed E-state index contributed by atoms with van der Waals surface area (Å²) in [5.41, 5.74) is 2.23. The van der Waals surface area contributed by atoms with E-state index in [4.69, 9.17) is 0 Å². The van der Waals surface area contributed by atoms with Gasteiger partial charge >= 0.3 is 0 Å². The Morgan fingerprint density at radius 1 is 0.829 bits per heavy atom. The number of sulfonamides is 1. The largest absolute Gasteiger partial charge is 0.244 e. The fourth-order valence-electron chi connectivity index (χ4n) is 4.51. The molecule has 2 aliphatic rings. The molecule has 0 radical (unpaired) electrons. The first-order valence-corrected chi connectivity index (χ1v) is 16.0. The molecular formula is C24H24N2O6S3. The minimum absolute atomic E-state index is 0.0344. The standard InChI is InChI=1S/C24H24N2O6S3/c1-33(27,28)26-21-11-7-18-14-19(9-10-20(18)21)34(29,30)22-12-8-17(16-5-6-16)15-23(22)35(31,32)24-4-2-3-13-25-24/h2-4,8-10,12-16,21,26H,5-7,11H2,1H3. The van der Waals surface area contributed by atoms with Crippen molar-refractivity contribution >= 4 is 29.7 Å². The fourth-order valence-corrected chi connectivity index (χ4v) is 8.61. The highest BCUT2D eigenvalue weighted by Crippen LogP contribution is 2.43. The summed E-state index contributed by atoms with van der Waals surface area (Å²) in [5.74, 6) is 0.226. The second-order valence-corrected chi connectivity index (χ2v) is 14.6. The van der Waals surface area contributed by atoms with Gasteiger partial charge in [0, 0.05) is 12.2 Å². The highest BCUT2D eigenvalue weighted by Gasteiger charge is 2.34. The summed E-state index contributed by atoms with van der Waals surface area (Å²) in [7, 11) is -11.8. The minimum Gasteiger partial charge on any atom is -0.244 e. The number of hydrogen-bond donors (Lipinski definition) is 1. The number of fused-ring (bicyclic) bond motifs is 1. The molecule has 184 valence electrons. The van der Waals surface area contributed by atoms with E-state index < -0.39 is 35.7 Å². The summed E-state index contributed by atoms with van der Waals surface area (Å²) in [6.45, 7) is 0. The Balaban J connectivity index is 1.61. The van der Waals surface area contributed by atoms with Gasteiger partial charge in [-0.3, -0.25) is 0 Å². The first-order chi connectivity index (χ1) is 16.5. The number of aromatic nitrogens is 1. The van der Waals surface area contributed by atoms with E-state index in [2.05, 4.69) is 9.71 Å². The third-order valence-electron chi connectivity index (χ3n) is 6.37. The van der Waals surface area contributed by atoms with Gasteiger partial charge in [0.15, 0.2) is 5.03 Å². The Kier molecular flexibility index (Phi) is 5.86. The fraction of sp³-hybridized carbons (Fsp3) is 0.292. The summed E-state index contributed by atoms with van der Waals surface area (Å²) in [6.07, 6.45) is 5.32. The molecule has 11 heteroatoms. The Labute approximate surface area is 205 Å². The monoisotopic (exact) mass is 532 g/mol. The van der Waals surface area contributed by atoms with Crippen molar-refractivity contribution in [1.82, 2.24) is 9.71 Å². The highest BCUT2D eigenvalue weighted by atomic mass is 32.2. The maximum Gasteiger partial charge on any atom is 0.225 e. The molecule has 0 spiro atoms. The van der Waals surface area contributed by atoms with E-state index in [1.807, 2.05) is 0 Å². The predicted molar refractivity (Wildman–Crippen MR) is 129 cm³/mol. The Hall–Kier alpha value is -2.60. The number of rotatable bonds is 7. The summed E-state index contributed by atoms with van der Waals surface area (Å²) < 4.78 is 80.4. The van der Waals surface area contributed by atoms with Crippen molar-refractivity contribution in [2.75, 3.05) is 6.26 Å². The van der Waals surface area contributed by atoms with Crippen LogP contribution < -0.4 is 4.72 Å². The van der Waals surface area contributed by atoms with Crippen LogP contribution in [0.2, 0.25) is 0 Å². The van der Waals surface area contributed by atoms with Crippen molar-refractivity contribution < 1.29 is 25.3 Å². The van der Waals surface area contributed by atoms with E-state index in [0.717, 1.165) is 35.8 Å². The molecule has 3 aromatic rings. The normalized spacial score (nSPS) is 18.4. The summed E-state index contributed by atoms with van der Waals surface area (Å²) in [6, 6.07) is 13.1. The van der Waals surface area contributed by atoms with Crippen molar-refractivity contribution in [2.24, 2.45) is 0 Å². The summed E-state index contributed by atoms with van der Waals surface area (Å²) >= 11 is 0. The van der Waals surface area contributed by atoms with E-state index in [1.165, 1.54) is 36.5 Å². The zero-order valence-corrected chi connectivity index (χ0v) is 21.3. The van der Waals surface area contributed by atoms with E-state index >= 15 is 0 Å². The zero-order valence-electron chi connectivity index (χ0n) is 18.9. The number of sulfone groups is 2. The van der Waals surface area contributed by atoms with E-state index in [9.17, 15) is 25.3 Å². The van der Waals surface area contributed by atoms with Gasteiger partial charge in [-0.2, -0.15) is 0 Å². The molecule has 0 amide bonds. The maximum absolute atomic E-state index is 13.7. The van der Waals surface area contributed by atoms with Gasteiger partial charge in [-0.15, -0.1) is 0 Å². The van der Waals surface area contributed by atoms with Crippen LogP contribution in [0.25, 0.3) is 0 Å². The topological polar surface area (TPSA) is 127 Å². The molecule has 35 heavy (non-hydrogen) atoms. The van der Waals surface area contributed by atoms with Crippen LogP contribution in [-0.4, -0.2) is 36.5 Å². The second-order valence-electron chi connectivity index (χ2n) is 9.00. The van der Waals surface area contributed by atoms with Crippen LogP contribution in [0.5, 0.6) is 0 Å². The Bertz CT molecular complexity index is 1630. The lowest BCUT2D eigenvalue weighted by molar-refractivity contribution is 0.560. The molecule has 1 atom stereocenters. The van der Waals surface area contributed by atoms with Crippen molar-refractivity contribution in [1.29, 1.82) is 0 Å². The summed E-state index contributed by atoms with van der Waals surface area (Å²) in [4.78, 5) is 3.35. The number of hydrogen-bond acceptors (Lipinski definition) is 7. The van der Waals surface area contributed by atoms with Crippen LogP contribution in [-0.2, 0) is 36.1 Å². The number of pyridine rings is 1. The van der Waals surface area contributed by atoms with E-state index in [0.29, 0.717) is 12.8 Å². The third kappa shape index (κ3) is 4.65. The van der Waals surface area contributed by atoms with Crippen LogP contribution >= 0.6 is 0 Å². The van der Waals surface area contributed by atoms with Gasteiger partial charge < -0.3 is 0 Å². The van der Waals surface area contributed by atoms with Gasteiger partial charge in [0.1, 0.15) is 0 Å². The molecule has 1 heterocycles. The van der Waals surface area contributed by atoms with Gasteiger partial charge in [-0.05, 0) is 84.7 Å². The lowest BCUT2D eigenvalue weighted by Gasteiger charge is -2.15. The SMILES string of the molecule is CS(=O)(=O)NC1CCc2cc(S(=O)(=O)c3ccc(C4CC4)cc3S(=O)(=O)c3ccccn3)ccc21. The van der Waals surface area contributed by atoms with Crippen molar-refractivity contribution in [3.63, 3.8) is 0 Å². The van der Waals surface area contributed by atoms with Gasteiger partial charge in [0.25, 0.3) is 0 Å².